The first-order valence-corrected chi connectivity index (χ1v) is 8.06. The van der Waals surface area contributed by atoms with E-state index in [1.165, 1.54) is 17.8 Å². The van der Waals surface area contributed by atoms with E-state index in [1.807, 2.05) is 23.4 Å². The third-order valence-corrected chi connectivity index (χ3v) is 5.16. The normalized spacial score (nSPS) is 17.1. The Hall–Kier alpha value is -0.390. The van der Waals surface area contributed by atoms with Gasteiger partial charge >= 0.3 is 0 Å². The summed E-state index contributed by atoms with van der Waals surface area (Å²) in [6.45, 7) is 2.89. The number of nitrogens with zero attached hydrogens (tertiary/aromatic N) is 1. The first-order valence-electron chi connectivity index (χ1n) is 6.38. The van der Waals surface area contributed by atoms with E-state index in [0.717, 1.165) is 47.7 Å². The average Bonchev–Trinajstić information content (AvgIpc) is 2.83. The number of piperidine rings is 1. The molecule has 2 rings (SSSR count). The van der Waals surface area contributed by atoms with Gasteiger partial charge in [-0.1, -0.05) is 0 Å². The number of carbonyl (C=O) groups excluding carboxylic acids is 1. The number of carbonyl (C=O) groups is 1. The van der Waals surface area contributed by atoms with Gasteiger partial charge < -0.3 is 10.2 Å². The highest BCUT2D eigenvalue weighted by molar-refractivity contribution is 9.10. The van der Waals surface area contributed by atoms with Crippen molar-refractivity contribution in [1.82, 2.24) is 10.2 Å². The summed E-state index contributed by atoms with van der Waals surface area (Å²) in [7, 11) is 1.99. The van der Waals surface area contributed by atoms with Crippen LogP contribution in [0.2, 0.25) is 0 Å². The maximum atomic E-state index is 12.2. The lowest BCUT2D eigenvalue weighted by atomic mass is 9.93. The molecule has 1 aliphatic rings. The Morgan fingerprint density at radius 1 is 1.56 bits per heavy atom. The van der Waals surface area contributed by atoms with Crippen LogP contribution in [-0.4, -0.2) is 37.5 Å². The van der Waals surface area contributed by atoms with Gasteiger partial charge in [0, 0.05) is 22.9 Å². The molecule has 3 nitrogen and oxygen atoms in total. The molecule has 100 valence electrons. The maximum Gasteiger partial charge on any atom is 0.263 e. The zero-order valence-electron chi connectivity index (χ0n) is 10.6. The molecule has 0 aromatic carbocycles. The van der Waals surface area contributed by atoms with Crippen LogP contribution in [0, 0.1) is 5.92 Å². The number of rotatable bonds is 4. The summed E-state index contributed by atoms with van der Waals surface area (Å²) >= 11 is 4.91. The smallest absolute Gasteiger partial charge is 0.263 e. The number of hydrogen-bond acceptors (Lipinski definition) is 3. The van der Waals surface area contributed by atoms with E-state index in [-0.39, 0.29) is 5.91 Å². The first-order chi connectivity index (χ1) is 8.70. The van der Waals surface area contributed by atoms with Gasteiger partial charge in [-0.25, -0.2) is 0 Å². The van der Waals surface area contributed by atoms with Crippen molar-refractivity contribution in [3.05, 3.63) is 20.8 Å². The quantitative estimate of drug-likeness (QED) is 0.920. The zero-order chi connectivity index (χ0) is 13.0. The molecular formula is C13H19BrN2OS. The Morgan fingerprint density at radius 3 is 2.83 bits per heavy atom. The second kappa shape index (κ2) is 6.68. The van der Waals surface area contributed by atoms with Crippen molar-refractivity contribution in [1.29, 1.82) is 0 Å². The van der Waals surface area contributed by atoms with E-state index in [9.17, 15) is 4.79 Å². The van der Waals surface area contributed by atoms with Crippen LogP contribution >= 0.6 is 27.3 Å². The topological polar surface area (TPSA) is 32.3 Å². The minimum Gasteiger partial charge on any atom is -0.338 e. The second-order valence-corrected chi connectivity index (χ2v) is 6.58. The number of nitrogens with one attached hydrogen (secondary N) is 1. The lowest BCUT2D eigenvalue weighted by Crippen LogP contribution is -2.38. The summed E-state index contributed by atoms with van der Waals surface area (Å²) in [5, 5.41) is 5.16. The van der Waals surface area contributed by atoms with Crippen LogP contribution in [0.1, 0.15) is 28.9 Å². The van der Waals surface area contributed by atoms with Crippen LogP contribution in [0.4, 0.5) is 0 Å². The molecule has 1 aromatic heterocycles. The van der Waals surface area contributed by atoms with Crippen molar-refractivity contribution in [2.24, 2.45) is 5.92 Å². The fraction of sp³-hybridized carbons (Fsp3) is 0.615. The summed E-state index contributed by atoms with van der Waals surface area (Å²) in [4.78, 5) is 15.1. The first kappa shape index (κ1) is 14.0. The molecule has 0 atom stereocenters. The van der Waals surface area contributed by atoms with Crippen molar-refractivity contribution >= 4 is 33.2 Å². The van der Waals surface area contributed by atoms with Crippen LogP contribution in [-0.2, 0) is 0 Å². The highest BCUT2D eigenvalue weighted by atomic mass is 79.9. The molecule has 1 aliphatic heterocycles. The van der Waals surface area contributed by atoms with Gasteiger partial charge in [0.15, 0.2) is 0 Å². The van der Waals surface area contributed by atoms with Gasteiger partial charge in [-0.15, -0.1) is 11.3 Å². The molecule has 0 radical (unpaired) electrons. The highest BCUT2D eigenvalue weighted by Gasteiger charge is 2.23. The monoisotopic (exact) mass is 330 g/mol. The van der Waals surface area contributed by atoms with Gasteiger partial charge in [0.2, 0.25) is 0 Å². The minimum atomic E-state index is 0.192. The summed E-state index contributed by atoms with van der Waals surface area (Å²) in [5.74, 6) is 0.967. The predicted octanol–water partition coefficient (Wildman–Crippen LogP) is 2.97. The fourth-order valence-electron chi connectivity index (χ4n) is 2.35. The van der Waals surface area contributed by atoms with Crippen molar-refractivity contribution in [3.8, 4) is 0 Å². The number of amides is 1. The fourth-order valence-corrected chi connectivity index (χ4v) is 3.75. The van der Waals surface area contributed by atoms with Gasteiger partial charge in [-0.2, -0.15) is 0 Å². The predicted molar refractivity (Wildman–Crippen MR) is 79.2 cm³/mol. The number of halogens is 1. The molecule has 1 fully saturated rings. The van der Waals surface area contributed by atoms with E-state index in [1.54, 1.807) is 0 Å². The van der Waals surface area contributed by atoms with Crippen molar-refractivity contribution < 1.29 is 4.79 Å². The van der Waals surface area contributed by atoms with Gasteiger partial charge in [0.05, 0.1) is 4.88 Å². The number of hydrogen-bond donors (Lipinski definition) is 1. The summed E-state index contributed by atoms with van der Waals surface area (Å²) in [6.07, 6.45) is 3.50. The van der Waals surface area contributed by atoms with Crippen LogP contribution in [0.15, 0.2) is 15.9 Å². The molecule has 0 bridgehead atoms. The van der Waals surface area contributed by atoms with Crippen LogP contribution < -0.4 is 5.32 Å². The number of likely N-dealkylation sites (tertiary alicyclic amines) is 1. The molecule has 1 aromatic rings. The minimum absolute atomic E-state index is 0.192. The average molecular weight is 331 g/mol. The lowest BCUT2D eigenvalue weighted by Gasteiger charge is -2.31. The molecule has 1 N–H and O–H groups in total. The molecule has 0 unspecified atom stereocenters. The van der Waals surface area contributed by atoms with E-state index in [2.05, 4.69) is 21.2 Å². The number of thiophene rings is 1. The van der Waals surface area contributed by atoms with E-state index in [0.29, 0.717) is 0 Å². The Kier molecular flexibility index (Phi) is 5.21. The van der Waals surface area contributed by atoms with Crippen molar-refractivity contribution in [3.63, 3.8) is 0 Å². The SMILES string of the molecule is CNCCC1CCN(C(=O)c2cc(Br)cs2)CC1. The molecule has 1 saturated heterocycles. The Morgan fingerprint density at radius 2 is 2.28 bits per heavy atom. The van der Waals surface area contributed by atoms with Gasteiger partial charge in [-0.3, -0.25) is 4.79 Å². The Balaban J connectivity index is 1.84. The molecule has 0 spiro atoms. The molecule has 18 heavy (non-hydrogen) atoms. The van der Waals surface area contributed by atoms with Gasteiger partial charge in [0.1, 0.15) is 0 Å². The lowest BCUT2D eigenvalue weighted by molar-refractivity contribution is 0.0692. The van der Waals surface area contributed by atoms with Crippen LogP contribution in [0.5, 0.6) is 0 Å². The van der Waals surface area contributed by atoms with Crippen LogP contribution in [0.3, 0.4) is 0 Å². The van der Waals surface area contributed by atoms with E-state index < -0.39 is 0 Å². The Bertz CT molecular complexity index is 399. The van der Waals surface area contributed by atoms with Gasteiger partial charge in [-0.05, 0) is 60.8 Å². The molecule has 0 aliphatic carbocycles. The molecule has 1 amide bonds. The highest BCUT2D eigenvalue weighted by Crippen LogP contribution is 2.25. The summed E-state index contributed by atoms with van der Waals surface area (Å²) < 4.78 is 1.000. The van der Waals surface area contributed by atoms with E-state index >= 15 is 0 Å². The standard InChI is InChI=1S/C13H19BrN2OS/c1-15-5-2-10-3-6-16(7-4-10)13(17)12-8-11(14)9-18-12/h8-10,15H,2-7H2,1H3. The molecule has 5 heteroatoms. The molecule has 2 heterocycles. The summed E-state index contributed by atoms with van der Waals surface area (Å²) in [5.41, 5.74) is 0. The summed E-state index contributed by atoms with van der Waals surface area (Å²) in [6, 6.07) is 1.92. The Labute approximate surface area is 121 Å². The van der Waals surface area contributed by atoms with Crippen molar-refractivity contribution in [2.45, 2.75) is 19.3 Å². The molecular weight excluding hydrogens is 312 g/mol. The van der Waals surface area contributed by atoms with Crippen LogP contribution in [0.25, 0.3) is 0 Å². The zero-order valence-corrected chi connectivity index (χ0v) is 13.0. The molecule has 0 saturated carbocycles. The van der Waals surface area contributed by atoms with Crippen molar-refractivity contribution in [2.75, 3.05) is 26.7 Å². The maximum absolute atomic E-state index is 12.2. The third-order valence-electron chi connectivity index (χ3n) is 3.48. The van der Waals surface area contributed by atoms with Gasteiger partial charge in [0.25, 0.3) is 5.91 Å². The third kappa shape index (κ3) is 3.56. The largest absolute Gasteiger partial charge is 0.338 e. The van der Waals surface area contributed by atoms with E-state index in [4.69, 9.17) is 0 Å². The second-order valence-electron chi connectivity index (χ2n) is 4.76.